The molecule has 0 saturated heterocycles. The number of hydrogen-bond donors (Lipinski definition) is 2. The minimum absolute atomic E-state index is 0.118. The number of carbonyl (C=O) groups is 2. The molecule has 0 aliphatic heterocycles. The third kappa shape index (κ3) is 4.45. The van der Waals surface area contributed by atoms with Gasteiger partial charge in [-0.05, 0) is 55.9 Å². The van der Waals surface area contributed by atoms with E-state index in [1.54, 1.807) is 0 Å². The topological polar surface area (TPSA) is 84.9 Å². The van der Waals surface area contributed by atoms with Crippen molar-refractivity contribution in [1.29, 1.82) is 0 Å². The molecule has 1 aliphatic rings. The number of ether oxygens (including phenoxy) is 2. The molecule has 1 amide bonds. The lowest BCUT2D eigenvalue weighted by molar-refractivity contribution is -0.149. The second-order valence-corrected chi connectivity index (χ2v) is 6.04. The van der Waals surface area contributed by atoms with Crippen LogP contribution in [0, 0.1) is 0 Å². The number of fused-ring (bicyclic) bond motifs is 1. The van der Waals surface area contributed by atoms with Gasteiger partial charge in [-0.25, -0.2) is 4.79 Å². The maximum Gasteiger partial charge on any atom is 0.331 e. The summed E-state index contributed by atoms with van der Waals surface area (Å²) in [7, 11) is 1.39. The van der Waals surface area contributed by atoms with Gasteiger partial charge in [0, 0.05) is 7.11 Å². The number of methoxy groups -OCH3 is 1. The number of aryl methyl sites for hydroxylation is 2. The van der Waals surface area contributed by atoms with Crippen molar-refractivity contribution in [3.8, 4) is 5.75 Å². The van der Waals surface area contributed by atoms with Crippen LogP contribution in [0.4, 0.5) is 0 Å². The number of amides is 1. The second kappa shape index (κ2) is 7.46. The Bertz CT molecular complexity index is 586. The van der Waals surface area contributed by atoms with Crippen LogP contribution >= 0.6 is 0 Å². The van der Waals surface area contributed by atoms with Crippen LogP contribution in [0.5, 0.6) is 5.75 Å². The molecule has 23 heavy (non-hydrogen) atoms. The summed E-state index contributed by atoms with van der Waals surface area (Å²) in [6, 6.07) is 5.85. The zero-order chi connectivity index (χ0) is 16.9. The number of carbonyl (C=O) groups excluding carboxylic acids is 1. The summed E-state index contributed by atoms with van der Waals surface area (Å²) in [4.78, 5) is 23.2. The Kier molecular flexibility index (Phi) is 5.60. The van der Waals surface area contributed by atoms with E-state index in [-0.39, 0.29) is 13.2 Å². The molecule has 0 radical (unpaired) electrons. The average Bonchev–Trinajstić information content (AvgIpc) is 2.52. The number of carboxylic acid groups (broad SMARTS) is 1. The van der Waals surface area contributed by atoms with Crippen molar-refractivity contribution in [1.82, 2.24) is 5.32 Å². The Morgan fingerprint density at radius 3 is 2.61 bits per heavy atom. The molecule has 1 aliphatic carbocycles. The molecule has 1 aromatic carbocycles. The zero-order valence-electron chi connectivity index (χ0n) is 13.6. The molecule has 2 rings (SSSR count). The van der Waals surface area contributed by atoms with Gasteiger partial charge >= 0.3 is 5.97 Å². The molecule has 2 N–H and O–H groups in total. The fourth-order valence-electron chi connectivity index (χ4n) is 2.73. The smallest absolute Gasteiger partial charge is 0.331 e. The van der Waals surface area contributed by atoms with Crippen LogP contribution in [0.3, 0.4) is 0 Å². The first-order chi connectivity index (χ1) is 10.9. The third-order valence-corrected chi connectivity index (χ3v) is 4.01. The van der Waals surface area contributed by atoms with Crippen LogP contribution in [0.1, 0.15) is 30.9 Å². The van der Waals surface area contributed by atoms with E-state index in [9.17, 15) is 14.7 Å². The van der Waals surface area contributed by atoms with Crippen LogP contribution in [-0.2, 0) is 27.2 Å². The van der Waals surface area contributed by atoms with E-state index >= 15 is 0 Å². The molecule has 1 aromatic rings. The Labute approximate surface area is 135 Å². The number of hydrogen-bond acceptors (Lipinski definition) is 4. The van der Waals surface area contributed by atoms with Gasteiger partial charge in [-0.3, -0.25) is 4.79 Å². The van der Waals surface area contributed by atoms with Crippen LogP contribution in [0.2, 0.25) is 0 Å². The average molecular weight is 321 g/mol. The SMILES string of the molecule is COCC(C)(NC(=O)COc1ccc2c(c1)CCCC2)C(=O)O. The standard InChI is InChI=1S/C17H23NO5/c1-17(11-22-2,16(20)21)18-15(19)10-23-14-8-7-12-5-3-4-6-13(12)9-14/h7-9H,3-6,10-11H2,1-2H3,(H,18,19)(H,20,21). The summed E-state index contributed by atoms with van der Waals surface area (Å²) >= 11 is 0. The molecular weight excluding hydrogens is 298 g/mol. The van der Waals surface area contributed by atoms with Crippen molar-refractivity contribution in [2.75, 3.05) is 20.3 Å². The third-order valence-electron chi connectivity index (χ3n) is 4.01. The van der Waals surface area contributed by atoms with Gasteiger partial charge in [-0.1, -0.05) is 6.07 Å². The molecule has 0 bridgehead atoms. The Morgan fingerprint density at radius 1 is 1.26 bits per heavy atom. The quantitative estimate of drug-likeness (QED) is 0.796. The molecule has 126 valence electrons. The van der Waals surface area contributed by atoms with Gasteiger partial charge in [-0.2, -0.15) is 0 Å². The first-order valence-corrected chi connectivity index (χ1v) is 7.72. The highest BCUT2D eigenvalue weighted by Gasteiger charge is 2.35. The highest BCUT2D eigenvalue weighted by atomic mass is 16.5. The summed E-state index contributed by atoms with van der Waals surface area (Å²) in [5.74, 6) is -1.02. The molecular formula is C17H23NO5. The van der Waals surface area contributed by atoms with Gasteiger partial charge in [0.1, 0.15) is 5.75 Å². The minimum atomic E-state index is -1.47. The summed E-state index contributed by atoms with van der Waals surface area (Å²) in [6.07, 6.45) is 4.50. The second-order valence-electron chi connectivity index (χ2n) is 6.04. The molecule has 1 atom stereocenters. The summed E-state index contributed by atoms with van der Waals surface area (Å²) in [5, 5.41) is 11.6. The monoisotopic (exact) mass is 321 g/mol. The predicted octanol–water partition coefficient (Wildman–Crippen LogP) is 1.55. The lowest BCUT2D eigenvalue weighted by Crippen LogP contribution is -2.56. The van der Waals surface area contributed by atoms with E-state index in [2.05, 4.69) is 5.32 Å². The van der Waals surface area contributed by atoms with Crippen molar-refractivity contribution < 1.29 is 24.2 Å². The Morgan fingerprint density at radius 2 is 1.96 bits per heavy atom. The van der Waals surface area contributed by atoms with E-state index in [4.69, 9.17) is 9.47 Å². The molecule has 0 aromatic heterocycles. The van der Waals surface area contributed by atoms with Gasteiger partial charge < -0.3 is 19.9 Å². The molecule has 0 fully saturated rings. The number of rotatable bonds is 7. The van der Waals surface area contributed by atoms with Crippen molar-refractivity contribution in [3.63, 3.8) is 0 Å². The van der Waals surface area contributed by atoms with E-state index in [1.807, 2.05) is 18.2 Å². The van der Waals surface area contributed by atoms with Crippen molar-refractivity contribution in [2.24, 2.45) is 0 Å². The molecule has 6 nitrogen and oxygen atoms in total. The minimum Gasteiger partial charge on any atom is -0.484 e. The molecule has 0 heterocycles. The van der Waals surface area contributed by atoms with E-state index in [1.165, 1.54) is 38.0 Å². The van der Waals surface area contributed by atoms with Crippen molar-refractivity contribution >= 4 is 11.9 Å². The Balaban J connectivity index is 1.92. The van der Waals surface area contributed by atoms with Crippen LogP contribution < -0.4 is 10.1 Å². The molecule has 0 spiro atoms. The maximum atomic E-state index is 11.9. The van der Waals surface area contributed by atoms with Gasteiger partial charge in [0.2, 0.25) is 0 Å². The summed E-state index contributed by atoms with van der Waals surface area (Å²) < 4.78 is 10.3. The number of nitrogens with one attached hydrogen (secondary N) is 1. The fourth-order valence-corrected chi connectivity index (χ4v) is 2.73. The summed E-state index contributed by atoms with van der Waals surface area (Å²) in [6.45, 7) is 1.05. The lowest BCUT2D eigenvalue weighted by Gasteiger charge is -2.25. The van der Waals surface area contributed by atoms with E-state index in [0.29, 0.717) is 5.75 Å². The van der Waals surface area contributed by atoms with Gasteiger partial charge in [-0.15, -0.1) is 0 Å². The highest BCUT2D eigenvalue weighted by molar-refractivity contribution is 5.87. The number of aliphatic carboxylic acids is 1. The normalized spacial score (nSPS) is 16.1. The first kappa shape index (κ1) is 17.3. The Hall–Kier alpha value is -2.08. The number of benzene rings is 1. The largest absolute Gasteiger partial charge is 0.484 e. The molecule has 1 unspecified atom stereocenters. The van der Waals surface area contributed by atoms with Crippen molar-refractivity contribution in [2.45, 2.75) is 38.1 Å². The highest BCUT2D eigenvalue weighted by Crippen LogP contribution is 2.25. The van der Waals surface area contributed by atoms with Crippen molar-refractivity contribution in [3.05, 3.63) is 29.3 Å². The fraction of sp³-hybridized carbons (Fsp3) is 0.529. The van der Waals surface area contributed by atoms with Gasteiger partial charge in [0.15, 0.2) is 12.1 Å². The van der Waals surface area contributed by atoms with Crippen LogP contribution in [-0.4, -0.2) is 42.8 Å². The zero-order valence-corrected chi connectivity index (χ0v) is 13.6. The first-order valence-electron chi connectivity index (χ1n) is 7.72. The van der Waals surface area contributed by atoms with E-state index < -0.39 is 17.4 Å². The van der Waals surface area contributed by atoms with E-state index in [0.717, 1.165) is 12.8 Å². The van der Waals surface area contributed by atoms with Crippen LogP contribution in [0.25, 0.3) is 0 Å². The predicted molar refractivity (Wildman–Crippen MR) is 84.6 cm³/mol. The lowest BCUT2D eigenvalue weighted by atomic mass is 9.92. The molecule has 0 saturated carbocycles. The van der Waals surface area contributed by atoms with Gasteiger partial charge in [0.05, 0.1) is 6.61 Å². The summed E-state index contributed by atoms with van der Waals surface area (Å²) in [5.41, 5.74) is 1.14. The maximum absolute atomic E-state index is 11.9. The number of carboxylic acids is 1. The van der Waals surface area contributed by atoms with Gasteiger partial charge in [0.25, 0.3) is 5.91 Å². The van der Waals surface area contributed by atoms with Crippen LogP contribution in [0.15, 0.2) is 18.2 Å². The molecule has 6 heteroatoms.